The fourth-order valence-electron chi connectivity index (χ4n) is 1.04. The minimum Gasteiger partial charge on any atom is -0.273 e. The summed E-state index contributed by atoms with van der Waals surface area (Å²) in [5, 5.41) is 0. The highest BCUT2D eigenvalue weighted by atomic mass is 79.9. The molecule has 0 saturated carbocycles. The number of nitrogens with one attached hydrogen (secondary N) is 1. The highest BCUT2D eigenvalue weighted by Gasteiger charge is 2.21. The van der Waals surface area contributed by atoms with Crippen LogP contribution in [0.25, 0.3) is 0 Å². The van der Waals surface area contributed by atoms with Crippen LogP contribution in [0.3, 0.4) is 0 Å². The molecule has 1 amide bonds. The summed E-state index contributed by atoms with van der Waals surface area (Å²) >= 11 is 3.09. The van der Waals surface area contributed by atoms with Gasteiger partial charge in [-0.3, -0.25) is 4.79 Å². The fourth-order valence-corrected chi connectivity index (χ4v) is 2.35. The number of benzene rings is 1. The third-order valence-electron chi connectivity index (χ3n) is 1.93. The van der Waals surface area contributed by atoms with Gasteiger partial charge in [0.15, 0.2) is 0 Å². The number of amides is 1. The molecule has 4 nitrogen and oxygen atoms in total. The van der Waals surface area contributed by atoms with Crippen molar-refractivity contribution in [1.82, 2.24) is 4.72 Å². The molecule has 0 unspecified atom stereocenters. The van der Waals surface area contributed by atoms with Crippen molar-refractivity contribution in [2.75, 3.05) is 0 Å². The molecular formula is C10H12BrNO3S. The Kier molecular flexibility index (Phi) is 4.49. The molecule has 6 heteroatoms. The van der Waals surface area contributed by atoms with Crippen LogP contribution in [0.1, 0.15) is 13.3 Å². The van der Waals surface area contributed by atoms with Crippen LogP contribution in [0, 0.1) is 0 Å². The lowest BCUT2D eigenvalue weighted by Gasteiger charge is -2.09. The Labute approximate surface area is 103 Å². The summed E-state index contributed by atoms with van der Waals surface area (Å²) in [5.41, 5.74) is 0. The molecule has 1 atom stereocenters. The molecule has 1 aromatic rings. The van der Waals surface area contributed by atoms with Crippen molar-refractivity contribution < 1.29 is 13.2 Å². The Hall–Kier alpha value is -0.880. The van der Waals surface area contributed by atoms with Gasteiger partial charge in [-0.25, -0.2) is 13.1 Å². The number of hydrogen-bond acceptors (Lipinski definition) is 3. The van der Waals surface area contributed by atoms with Crippen LogP contribution in [-0.2, 0) is 14.8 Å². The maximum Gasteiger partial charge on any atom is 0.264 e. The van der Waals surface area contributed by atoms with E-state index < -0.39 is 20.8 Å². The average Bonchev–Trinajstić information content (AvgIpc) is 2.28. The Bertz CT molecular complexity index is 458. The summed E-state index contributed by atoms with van der Waals surface area (Å²) in [4.78, 5) is 11.0. The summed E-state index contributed by atoms with van der Waals surface area (Å²) < 4.78 is 25.4. The molecule has 88 valence electrons. The molecule has 0 aliphatic heterocycles. The van der Waals surface area contributed by atoms with Crippen molar-refractivity contribution in [3.05, 3.63) is 30.3 Å². The van der Waals surface area contributed by atoms with Crippen molar-refractivity contribution in [3.63, 3.8) is 0 Å². The largest absolute Gasteiger partial charge is 0.273 e. The van der Waals surface area contributed by atoms with Crippen molar-refractivity contribution >= 4 is 31.9 Å². The topological polar surface area (TPSA) is 63.2 Å². The van der Waals surface area contributed by atoms with E-state index in [4.69, 9.17) is 0 Å². The first-order valence-electron chi connectivity index (χ1n) is 4.73. The molecule has 1 rings (SSSR count). The normalized spacial score (nSPS) is 13.1. The summed E-state index contributed by atoms with van der Waals surface area (Å²) in [6.45, 7) is 1.79. The van der Waals surface area contributed by atoms with Gasteiger partial charge in [0, 0.05) is 0 Å². The average molecular weight is 306 g/mol. The molecular weight excluding hydrogens is 294 g/mol. The zero-order chi connectivity index (χ0) is 12.2. The first-order valence-corrected chi connectivity index (χ1v) is 7.13. The van der Waals surface area contributed by atoms with Crippen LogP contribution in [0.5, 0.6) is 0 Å². The van der Waals surface area contributed by atoms with Crippen molar-refractivity contribution in [2.45, 2.75) is 23.1 Å². The molecule has 0 heterocycles. The lowest BCUT2D eigenvalue weighted by Crippen LogP contribution is -2.35. The van der Waals surface area contributed by atoms with Gasteiger partial charge < -0.3 is 0 Å². The summed E-state index contributed by atoms with van der Waals surface area (Å²) in [6, 6.07) is 7.78. The number of carbonyl (C=O) groups is 1. The summed E-state index contributed by atoms with van der Waals surface area (Å²) in [7, 11) is -3.74. The Morgan fingerprint density at radius 3 is 2.44 bits per heavy atom. The maximum atomic E-state index is 11.7. The number of sulfonamides is 1. The minimum absolute atomic E-state index is 0.0825. The van der Waals surface area contributed by atoms with E-state index in [9.17, 15) is 13.2 Å². The summed E-state index contributed by atoms with van der Waals surface area (Å²) in [6.07, 6.45) is 0.524. The van der Waals surface area contributed by atoms with Gasteiger partial charge in [-0.15, -0.1) is 0 Å². The van der Waals surface area contributed by atoms with Crippen LogP contribution in [0.4, 0.5) is 0 Å². The van der Waals surface area contributed by atoms with Gasteiger partial charge in [-0.05, 0) is 18.6 Å². The predicted molar refractivity (Wildman–Crippen MR) is 64.8 cm³/mol. The lowest BCUT2D eigenvalue weighted by molar-refractivity contribution is -0.118. The van der Waals surface area contributed by atoms with Gasteiger partial charge in [-0.1, -0.05) is 41.1 Å². The maximum absolute atomic E-state index is 11.7. The summed E-state index contributed by atoms with van der Waals surface area (Å²) in [5.74, 6) is -0.550. The van der Waals surface area contributed by atoms with Crippen molar-refractivity contribution in [2.24, 2.45) is 0 Å². The molecule has 0 aliphatic carbocycles. The standard InChI is InChI=1S/C10H12BrNO3S/c1-2-9(11)10(13)12-16(14,15)8-6-4-3-5-7-8/h3-7,9H,2H2,1H3,(H,12,13)/t9-/m1/s1. The molecule has 0 radical (unpaired) electrons. The van der Waals surface area contributed by atoms with Crippen LogP contribution >= 0.6 is 15.9 Å². The monoisotopic (exact) mass is 305 g/mol. The number of carbonyl (C=O) groups excluding carboxylic acids is 1. The van der Waals surface area contributed by atoms with Crippen molar-refractivity contribution in [1.29, 1.82) is 0 Å². The fraction of sp³-hybridized carbons (Fsp3) is 0.300. The molecule has 0 saturated heterocycles. The molecule has 1 N–H and O–H groups in total. The zero-order valence-electron chi connectivity index (χ0n) is 8.68. The molecule has 0 aliphatic rings. The van der Waals surface area contributed by atoms with E-state index in [1.807, 2.05) is 4.72 Å². The first-order chi connectivity index (χ1) is 7.47. The van der Waals surface area contributed by atoms with E-state index >= 15 is 0 Å². The van der Waals surface area contributed by atoms with Crippen LogP contribution < -0.4 is 4.72 Å². The third-order valence-corrected chi connectivity index (χ3v) is 4.36. The van der Waals surface area contributed by atoms with Gasteiger partial charge in [0.2, 0.25) is 5.91 Å². The predicted octanol–water partition coefficient (Wildman–Crippen LogP) is 1.67. The SMILES string of the molecule is CC[C@@H](Br)C(=O)NS(=O)(=O)c1ccccc1. The second-order valence-corrected chi connectivity index (χ2v) is 5.95. The highest BCUT2D eigenvalue weighted by molar-refractivity contribution is 9.10. The van der Waals surface area contributed by atoms with Gasteiger partial charge in [0.05, 0.1) is 9.72 Å². The number of rotatable bonds is 4. The molecule has 0 fully saturated rings. The smallest absolute Gasteiger partial charge is 0.264 e. The third kappa shape index (κ3) is 3.31. The van der Waals surface area contributed by atoms with Gasteiger partial charge in [0.25, 0.3) is 10.0 Å². The second kappa shape index (κ2) is 5.45. The lowest BCUT2D eigenvalue weighted by atomic mass is 10.3. The Morgan fingerprint density at radius 2 is 1.94 bits per heavy atom. The van der Waals surface area contributed by atoms with Gasteiger partial charge in [-0.2, -0.15) is 0 Å². The molecule has 0 aromatic heterocycles. The molecule has 16 heavy (non-hydrogen) atoms. The van der Waals surface area contributed by atoms with E-state index in [0.29, 0.717) is 6.42 Å². The minimum atomic E-state index is -3.74. The van der Waals surface area contributed by atoms with E-state index in [1.54, 1.807) is 25.1 Å². The van der Waals surface area contributed by atoms with E-state index in [2.05, 4.69) is 15.9 Å². The quantitative estimate of drug-likeness (QED) is 0.861. The van der Waals surface area contributed by atoms with E-state index in [0.717, 1.165) is 0 Å². The highest BCUT2D eigenvalue weighted by Crippen LogP contribution is 2.10. The zero-order valence-corrected chi connectivity index (χ0v) is 11.1. The van der Waals surface area contributed by atoms with Crippen LogP contribution in [-0.4, -0.2) is 19.2 Å². The van der Waals surface area contributed by atoms with Crippen LogP contribution in [0.15, 0.2) is 35.2 Å². The number of alkyl halides is 1. The Balaban J connectivity index is 2.86. The van der Waals surface area contributed by atoms with Gasteiger partial charge in [0.1, 0.15) is 0 Å². The molecule has 0 spiro atoms. The van der Waals surface area contributed by atoms with E-state index in [1.165, 1.54) is 12.1 Å². The molecule has 0 bridgehead atoms. The van der Waals surface area contributed by atoms with Crippen LogP contribution in [0.2, 0.25) is 0 Å². The molecule has 1 aromatic carbocycles. The number of hydrogen-bond donors (Lipinski definition) is 1. The van der Waals surface area contributed by atoms with E-state index in [-0.39, 0.29) is 4.90 Å². The van der Waals surface area contributed by atoms with Crippen molar-refractivity contribution in [3.8, 4) is 0 Å². The Morgan fingerprint density at radius 1 is 1.38 bits per heavy atom. The number of halogens is 1. The first kappa shape index (κ1) is 13.2. The van der Waals surface area contributed by atoms with Gasteiger partial charge >= 0.3 is 0 Å². The second-order valence-electron chi connectivity index (χ2n) is 3.16.